The van der Waals surface area contributed by atoms with Crippen molar-refractivity contribution in [2.75, 3.05) is 6.61 Å². The Kier molecular flexibility index (Phi) is 18.0. The third kappa shape index (κ3) is 14.9. The molecule has 3 rings (SSSR count). The highest BCUT2D eigenvalue weighted by Gasteiger charge is 2.19. The number of ether oxygens (including phenoxy) is 2. The number of esters is 1. The molecule has 0 bridgehead atoms. The highest BCUT2D eigenvalue weighted by molar-refractivity contribution is 6.30. The van der Waals surface area contributed by atoms with E-state index < -0.39 is 11.3 Å². The molecule has 0 aromatic heterocycles. The summed E-state index contributed by atoms with van der Waals surface area (Å²) in [6.07, 6.45) is 21.4. The third-order valence-electron chi connectivity index (χ3n) is 8.19. The summed E-state index contributed by atoms with van der Waals surface area (Å²) < 4.78 is 11.1. The molecule has 3 aromatic rings. The first kappa shape index (κ1) is 37.2. The minimum Gasteiger partial charge on any atom is -0.507 e. The molecule has 0 aliphatic rings. The van der Waals surface area contributed by atoms with Crippen LogP contribution in [0.4, 0.5) is 5.69 Å². The molecule has 0 heterocycles. The van der Waals surface area contributed by atoms with Gasteiger partial charge in [0.2, 0.25) is 0 Å². The summed E-state index contributed by atoms with van der Waals surface area (Å²) in [5, 5.41) is 9.65. The first-order valence-corrected chi connectivity index (χ1v) is 18.0. The van der Waals surface area contributed by atoms with Crippen molar-refractivity contribution in [1.82, 2.24) is 0 Å². The van der Waals surface area contributed by atoms with Gasteiger partial charge in [-0.05, 0) is 73.2 Å². The molecule has 0 fully saturated rings. The lowest BCUT2D eigenvalue weighted by Crippen LogP contribution is -2.23. The monoisotopic (exact) mass is 647 g/mol. The molecule has 6 heteroatoms. The van der Waals surface area contributed by atoms with Crippen molar-refractivity contribution in [3.05, 3.63) is 83.4 Å². The van der Waals surface area contributed by atoms with Crippen LogP contribution in [-0.2, 0) is 17.6 Å². The molecule has 1 atom stereocenters. The Morgan fingerprint density at radius 3 is 1.91 bits per heavy atom. The molecule has 1 N–H and O–H groups in total. The van der Waals surface area contributed by atoms with Crippen LogP contribution in [0.15, 0.2) is 71.7 Å². The number of halogens is 1. The van der Waals surface area contributed by atoms with Gasteiger partial charge in [-0.2, -0.15) is 0 Å². The predicted octanol–water partition coefficient (Wildman–Crippen LogP) is 11.3. The standard InChI is InChI=1S/C40H54ClNO4/c1-3-5-7-8-9-10-11-12-13-14-15-16-17-32-18-23-35(24-19-32)42-31-34-22-27-37(30-39(34)43)46-40(44)38(41)29-33-20-25-36(26-21-33)45-28-6-4-2/h18-27,30-31,38,43H,3-17,28-29H2,1-2H3/t38-/m0/s1. The highest BCUT2D eigenvalue weighted by Crippen LogP contribution is 2.25. The van der Waals surface area contributed by atoms with E-state index in [-0.39, 0.29) is 11.5 Å². The number of benzene rings is 3. The average Bonchev–Trinajstić information content (AvgIpc) is 3.06. The second-order valence-electron chi connectivity index (χ2n) is 12.2. The molecule has 0 spiro atoms. The summed E-state index contributed by atoms with van der Waals surface area (Å²) in [7, 11) is 0. The van der Waals surface area contributed by atoms with Gasteiger partial charge in [-0.25, -0.2) is 0 Å². The Hall–Kier alpha value is -3.31. The number of carbonyl (C=O) groups excluding carboxylic acids is 1. The van der Waals surface area contributed by atoms with E-state index in [9.17, 15) is 9.90 Å². The number of carbonyl (C=O) groups is 1. The van der Waals surface area contributed by atoms with E-state index in [2.05, 4.69) is 31.0 Å². The van der Waals surface area contributed by atoms with Gasteiger partial charge in [-0.15, -0.1) is 11.6 Å². The molecular formula is C40H54ClNO4. The number of aryl methyl sites for hydroxylation is 1. The smallest absolute Gasteiger partial charge is 0.329 e. The van der Waals surface area contributed by atoms with Crippen LogP contribution in [-0.4, -0.2) is 29.3 Å². The molecule has 0 saturated heterocycles. The second-order valence-corrected chi connectivity index (χ2v) is 12.7. The van der Waals surface area contributed by atoms with E-state index in [0.29, 0.717) is 18.6 Å². The van der Waals surface area contributed by atoms with E-state index in [1.807, 2.05) is 36.4 Å². The summed E-state index contributed by atoms with van der Waals surface area (Å²) in [6.45, 7) is 5.08. The SMILES string of the molecule is CCCCCCCCCCCCCCc1ccc(N=Cc2ccc(OC(=O)[C@@H](Cl)Cc3ccc(OCCCC)cc3)cc2O)cc1. The minimum absolute atomic E-state index is 0.0255. The number of phenols is 1. The molecule has 0 saturated carbocycles. The van der Waals surface area contributed by atoms with Gasteiger partial charge in [0.25, 0.3) is 0 Å². The van der Waals surface area contributed by atoms with Gasteiger partial charge < -0.3 is 14.6 Å². The summed E-state index contributed by atoms with van der Waals surface area (Å²) in [5.41, 5.74) is 3.58. The van der Waals surface area contributed by atoms with E-state index in [4.69, 9.17) is 21.1 Å². The summed E-state index contributed by atoms with van der Waals surface area (Å²) in [4.78, 5) is 17.1. The Labute approximate surface area is 282 Å². The average molecular weight is 648 g/mol. The third-order valence-corrected chi connectivity index (χ3v) is 8.52. The van der Waals surface area contributed by atoms with E-state index >= 15 is 0 Å². The number of phenolic OH excluding ortho intramolecular Hbond substituents is 1. The van der Waals surface area contributed by atoms with Crippen LogP contribution in [0.3, 0.4) is 0 Å². The number of hydrogen-bond donors (Lipinski definition) is 1. The zero-order valence-electron chi connectivity index (χ0n) is 28.0. The zero-order chi connectivity index (χ0) is 32.8. The number of aliphatic imine (C=N–C) groups is 1. The van der Waals surface area contributed by atoms with Gasteiger partial charge >= 0.3 is 5.97 Å². The van der Waals surface area contributed by atoms with Gasteiger partial charge in [0.15, 0.2) is 0 Å². The van der Waals surface area contributed by atoms with E-state index in [0.717, 1.165) is 36.3 Å². The maximum atomic E-state index is 12.6. The Bertz CT molecular complexity index is 1290. The maximum absolute atomic E-state index is 12.6. The molecule has 0 aliphatic heterocycles. The van der Waals surface area contributed by atoms with Crippen molar-refractivity contribution in [1.29, 1.82) is 0 Å². The molecule has 0 amide bonds. The van der Waals surface area contributed by atoms with E-state index in [1.54, 1.807) is 18.3 Å². The molecule has 5 nitrogen and oxygen atoms in total. The van der Waals surface area contributed by atoms with Crippen LogP contribution in [0.1, 0.15) is 120 Å². The molecule has 0 aliphatic carbocycles. The first-order valence-electron chi connectivity index (χ1n) is 17.5. The van der Waals surface area contributed by atoms with Crippen molar-refractivity contribution >= 4 is 29.5 Å². The van der Waals surface area contributed by atoms with E-state index in [1.165, 1.54) is 88.7 Å². The van der Waals surface area contributed by atoms with Crippen molar-refractivity contribution in [2.24, 2.45) is 4.99 Å². The number of nitrogens with zero attached hydrogens (tertiary/aromatic N) is 1. The lowest BCUT2D eigenvalue weighted by atomic mass is 10.0. The summed E-state index contributed by atoms with van der Waals surface area (Å²) in [6, 6.07) is 20.5. The lowest BCUT2D eigenvalue weighted by molar-refractivity contribution is -0.133. The highest BCUT2D eigenvalue weighted by atomic mass is 35.5. The minimum atomic E-state index is -0.863. The van der Waals surface area contributed by atoms with Crippen LogP contribution in [0.25, 0.3) is 0 Å². The Balaban J connectivity index is 1.35. The summed E-state index contributed by atoms with van der Waals surface area (Å²) >= 11 is 6.35. The molecule has 3 aromatic carbocycles. The molecule has 0 unspecified atom stereocenters. The summed E-state index contributed by atoms with van der Waals surface area (Å²) in [5.74, 6) is 0.427. The second kappa shape index (κ2) is 22.3. The number of alkyl halides is 1. The maximum Gasteiger partial charge on any atom is 0.329 e. The first-order chi connectivity index (χ1) is 22.5. The number of hydrogen-bond acceptors (Lipinski definition) is 5. The number of unbranched alkanes of at least 4 members (excludes halogenated alkanes) is 12. The van der Waals surface area contributed by atoms with Gasteiger partial charge in [0, 0.05) is 17.8 Å². The zero-order valence-corrected chi connectivity index (χ0v) is 28.8. The topological polar surface area (TPSA) is 68.1 Å². The van der Waals surface area contributed by atoms with Crippen molar-refractivity contribution < 1.29 is 19.4 Å². The van der Waals surface area contributed by atoms with Gasteiger partial charge in [0.1, 0.15) is 22.6 Å². The largest absolute Gasteiger partial charge is 0.507 e. The lowest BCUT2D eigenvalue weighted by Gasteiger charge is -2.11. The fraction of sp³-hybridized carbons (Fsp3) is 0.500. The molecule has 46 heavy (non-hydrogen) atoms. The van der Waals surface area contributed by atoms with Crippen LogP contribution in [0.2, 0.25) is 0 Å². The molecule has 0 radical (unpaired) electrons. The van der Waals surface area contributed by atoms with Crippen molar-refractivity contribution in [3.63, 3.8) is 0 Å². The van der Waals surface area contributed by atoms with Crippen molar-refractivity contribution in [3.8, 4) is 17.2 Å². The molecular weight excluding hydrogens is 594 g/mol. The van der Waals surface area contributed by atoms with Crippen LogP contribution >= 0.6 is 11.6 Å². The van der Waals surface area contributed by atoms with Crippen LogP contribution in [0.5, 0.6) is 17.2 Å². The quantitative estimate of drug-likeness (QED) is 0.0365. The van der Waals surface area contributed by atoms with Crippen LogP contribution < -0.4 is 9.47 Å². The van der Waals surface area contributed by atoms with Gasteiger partial charge in [-0.3, -0.25) is 9.79 Å². The number of aromatic hydroxyl groups is 1. The van der Waals surface area contributed by atoms with Gasteiger partial charge in [0.05, 0.1) is 12.3 Å². The predicted molar refractivity (Wildman–Crippen MR) is 192 cm³/mol. The Morgan fingerprint density at radius 2 is 1.30 bits per heavy atom. The Morgan fingerprint density at radius 1 is 0.739 bits per heavy atom. The van der Waals surface area contributed by atoms with Gasteiger partial charge in [-0.1, -0.05) is 115 Å². The normalized spacial score (nSPS) is 12.0. The fourth-order valence-corrected chi connectivity index (χ4v) is 5.51. The van der Waals surface area contributed by atoms with Crippen LogP contribution in [0, 0.1) is 0 Å². The fourth-order valence-electron chi connectivity index (χ4n) is 5.29. The number of rotatable bonds is 23. The molecule has 250 valence electrons. The van der Waals surface area contributed by atoms with Crippen molar-refractivity contribution in [2.45, 2.75) is 122 Å².